The summed E-state index contributed by atoms with van der Waals surface area (Å²) in [6, 6.07) is 2.97. The highest BCUT2D eigenvalue weighted by Gasteiger charge is 2.29. The minimum atomic E-state index is -4.26. The van der Waals surface area contributed by atoms with Crippen LogP contribution in [0, 0.1) is 0 Å². The van der Waals surface area contributed by atoms with Crippen molar-refractivity contribution in [3.63, 3.8) is 0 Å². The summed E-state index contributed by atoms with van der Waals surface area (Å²) in [6.07, 6.45) is -2.89. The quantitative estimate of drug-likeness (QED) is 0.840. The van der Waals surface area contributed by atoms with E-state index in [0.717, 1.165) is 4.90 Å². The van der Waals surface area contributed by atoms with Crippen LogP contribution in [0.15, 0.2) is 18.3 Å². The van der Waals surface area contributed by atoms with Gasteiger partial charge >= 0.3 is 6.18 Å². The van der Waals surface area contributed by atoms with Gasteiger partial charge in [0.15, 0.2) is 0 Å². The number of aliphatic hydroxyl groups is 1. The maximum atomic E-state index is 12.1. The van der Waals surface area contributed by atoms with Crippen LogP contribution in [0.4, 0.5) is 19.0 Å². The van der Waals surface area contributed by atoms with Crippen molar-refractivity contribution in [2.45, 2.75) is 12.8 Å². The Hall–Kier alpha value is -1.30. The summed E-state index contributed by atoms with van der Waals surface area (Å²) in [5, 5.41) is 8.81. The number of halogens is 3. The van der Waals surface area contributed by atoms with Gasteiger partial charge < -0.3 is 10.0 Å². The molecule has 0 saturated carbocycles. The van der Waals surface area contributed by atoms with Gasteiger partial charge in [0.2, 0.25) is 0 Å². The Labute approximate surface area is 85.2 Å². The molecule has 0 aliphatic rings. The van der Waals surface area contributed by atoms with Crippen molar-refractivity contribution in [2.24, 2.45) is 0 Å². The minimum Gasteiger partial charge on any atom is -0.392 e. The van der Waals surface area contributed by atoms with Gasteiger partial charge in [0.05, 0.1) is 6.61 Å². The van der Waals surface area contributed by atoms with E-state index in [4.69, 9.17) is 5.11 Å². The van der Waals surface area contributed by atoms with Crippen LogP contribution in [0.25, 0.3) is 0 Å². The predicted molar refractivity (Wildman–Crippen MR) is 49.5 cm³/mol. The summed E-state index contributed by atoms with van der Waals surface area (Å²) in [5.74, 6) is 0.193. The number of nitrogens with zero attached hydrogens (tertiary/aromatic N) is 2. The van der Waals surface area contributed by atoms with Gasteiger partial charge in [-0.15, -0.1) is 0 Å². The first-order valence-corrected chi connectivity index (χ1v) is 4.26. The lowest BCUT2D eigenvalue weighted by molar-refractivity contribution is -0.119. The van der Waals surface area contributed by atoms with E-state index in [1.54, 1.807) is 6.07 Å². The number of aliphatic hydroxyl groups excluding tert-OH is 1. The molecular formula is C9H11F3N2O. The number of aromatic nitrogens is 1. The van der Waals surface area contributed by atoms with Crippen LogP contribution in [0.2, 0.25) is 0 Å². The van der Waals surface area contributed by atoms with E-state index in [-0.39, 0.29) is 12.4 Å². The Morgan fingerprint density at radius 3 is 2.67 bits per heavy atom. The molecule has 1 aromatic rings. The Balaban J connectivity index is 2.77. The van der Waals surface area contributed by atoms with Crippen molar-refractivity contribution < 1.29 is 18.3 Å². The molecule has 1 N–H and O–H groups in total. The van der Waals surface area contributed by atoms with Crippen LogP contribution >= 0.6 is 0 Å². The Morgan fingerprint density at radius 2 is 2.13 bits per heavy atom. The maximum absolute atomic E-state index is 12.1. The van der Waals surface area contributed by atoms with Crippen LogP contribution in [-0.2, 0) is 6.61 Å². The molecule has 6 heteroatoms. The molecule has 1 heterocycles. The summed E-state index contributed by atoms with van der Waals surface area (Å²) in [5.41, 5.74) is 0.536. The molecule has 15 heavy (non-hydrogen) atoms. The van der Waals surface area contributed by atoms with Crippen molar-refractivity contribution >= 4 is 5.82 Å². The van der Waals surface area contributed by atoms with E-state index < -0.39 is 12.7 Å². The molecule has 3 nitrogen and oxygen atoms in total. The van der Waals surface area contributed by atoms with E-state index in [0.29, 0.717) is 5.56 Å². The fourth-order valence-electron chi connectivity index (χ4n) is 1.12. The topological polar surface area (TPSA) is 36.4 Å². The molecule has 0 radical (unpaired) electrons. The Morgan fingerprint density at radius 1 is 1.47 bits per heavy atom. The van der Waals surface area contributed by atoms with Gasteiger partial charge in [0.25, 0.3) is 0 Å². The van der Waals surface area contributed by atoms with Gasteiger partial charge in [-0.3, -0.25) is 0 Å². The molecule has 0 bridgehead atoms. The molecule has 1 aromatic heterocycles. The molecule has 1 rings (SSSR count). The Kier molecular flexibility index (Phi) is 3.52. The molecule has 0 saturated heterocycles. The number of pyridine rings is 1. The van der Waals surface area contributed by atoms with Crippen LogP contribution in [0.1, 0.15) is 5.56 Å². The molecule has 0 fully saturated rings. The minimum absolute atomic E-state index is 0.193. The SMILES string of the molecule is CN(CC(F)(F)F)c1cc(CO)ccn1. The third-order valence-electron chi connectivity index (χ3n) is 1.80. The molecule has 0 spiro atoms. The smallest absolute Gasteiger partial charge is 0.392 e. The van der Waals surface area contributed by atoms with Crippen molar-refractivity contribution in [3.05, 3.63) is 23.9 Å². The Bertz CT molecular complexity index is 327. The van der Waals surface area contributed by atoms with Crippen LogP contribution in [-0.4, -0.2) is 29.9 Å². The van der Waals surface area contributed by atoms with E-state index in [1.165, 1.54) is 19.3 Å². The second kappa shape index (κ2) is 4.48. The van der Waals surface area contributed by atoms with Crippen LogP contribution in [0.5, 0.6) is 0 Å². The average molecular weight is 220 g/mol. The van der Waals surface area contributed by atoms with Gasteiger partial charge in [0.1, 0.15) is 12.4 Å². The van der Waals surface area contributed by atoms with Crippen LogP contribution < -0.4 is 4.90 Å². The highest BCUT2D eigenvalue weighted by molar-refractivity contribution is 5.40. The van der Waals surface area contributed by atoms with E-state index in [1.807, 2.05) is 0 Å². The molecule has 0 unspecified atom stereocenters. The first-order chi connectivity index (χ1) is 6.92. The summed E-state index contributed by atoms with van der Waals surface area (Å²) in [6.45, 7) is -1.27. The first kappa shape index (κ1) is 11.8. The third-order valence-corrected chi connectivity index (χ3v) is 1.80. The summed E-state index contributed by atoms with van der Waals surface area (Å²) in [4.78, 5) is 4.77. The van der Waals surface area contributed by atoms with E-state index >= 15 is 0 Å². The zero-order chi connectivity index (χ0) is 11.5. The summed E-state index contributed by atoms with van der Waals surface area (Å²) in [7, 11) is 1.30. The second-order valence-electron chi connectivity index (χ2n) is 3.15. The molecule has 0 amide bonds. The summed E-state index contributed by atoms with van der Waals surface area (Å²) >= 11 is 0. The van der Waals surface area contributed by atoms with Gasteiger partial charge in [-0.05, 0) is 17.7 Å². The average Bonchev–Trinajstić information content (AvgIpc) is 2.15. The van der Waals surface area contributed by atoms with Crippen LogP contribution in [0.3, 0.4) is 0 Å². The monoisotopic (exact) mass is 220 g/mol. The zero-order valence-corrected chi connectivity index (χ0v) is 8.12. The normalized spacial score (nSPS) is 11.5. The molecule has 0 aromatic carbocycles. The van der Waals surface area contributed by atoms with Gasteiger partial charge in [-0.25, -0.2) is 4.98 Å². The molecule has 0 aliphatic carbocycles. The lowest BCUT2D eigenvalue weighted by Gasteiger charge is -2.19. The lowest BCUT2D eigenvalue weighted by Crippen LogP contribution is -2.31. The number of anilines is 1. The van der Waals surface area contributed by atoms with E-state index in [2.05, 4.69) is 4.98 Å². The van der Waals surface area contributed by atoms with Crippen molar-refractivity contribution in [1.29, 1.82) is 0 Å². The third kappa shape index (κ3) is 3.75. The molecule has 0 aliphatic heterocycles. The van der Waals surface area contributed by atoms with Gasteiger partial charge in [-0.1, -0.05) is 0 Å². The molecule has 0 atom stereocenters. The number of hydrogen-bond donors (Lipinski definition) is 1. The van der Waals surface area contributed by atoms with Crippen molar-refractivity contribution in [3.8, 4) is 0 Å². The lowest BCUT2D eigenvalue weighted by atomic mass is 10.3. The predicted octanol–water partition coefficient (Wildman–Crippen LogP) is 1.57. The number of hydrogen-bond acceptors (Lipinski definition) is 3. The first-order valence-electron chi connectivity index (χ1n) is 4.26. The number of rotatable bonds is 3. The maximum Gasteiger partial charge on any atom is 0.405 e. The molecule has 84 valence electrons. The van der Waals surface area contributed by atoms with E-state index in [9.17, 15) is 13.2 Å². The van der Waals surface area contributed by atoms with Gasteiger partial charge in [-0.2, -0.15) is 13.2 Å². The van der Waals surface area contributed by atoms with Crippen molar-refractivity contribution in [1.82, 2.24) is 4.98 Å². The largest absolute Gasteiger partial charge is 0.405 e. The number of alkyl halides is 3. The van der Waals surface area contributed by atoms with Crippen molar-refractivity contribution in [2.75, 3.05) is 18.5 Å². The zero-order valence-electron chi connectivity index (χ0n) is 8.12. The fourth-order valence-corrected chi connectivity index (χ4v) is 1.12. The highest BCUT2D eigenvalue weighted by Crippen LogP contribution is 2.19. The van der Waals surface area contributed by atoms with Gasteiger partial charge in [0, 0.05) is 13.2 Å². The fraction of sp³-hybridized carbons (Fsp3) is 0.444. The summed E-state index contributed by atoms with van der Waals surface area (Å²) < 4.78 is 36.2. The second-order valence-corrected chi connectivity index (χ2v) is 3.15. The highest BCUT2D eigenvalue weighted by atomic mass is 19.4. The standard InChI is InChI=1S/C9H11F3N2O/c1-14(6-9(10,11)12)8-4-7(5-15)2-3-13-8/h2-4,15H,5-6H2,1H3. The molecular weight excluding hydrogens is 209 g/mol.